The lowest BCUT2D eigenvalue weighted by Crippen LogP contribution is -2.41. The zero-order valence-electron chi connectivity index (χ0n) is 11.5. The Morgan fingerprint density at radius 2 is 2.10 bits per heavy atom. The maximum Gasteiger partial charge on any atom is 0.214 e. The smallest absolute Gasteiger partial charge is 0.214 e. The Balaban J connectivity index is 1.92. The molecular formula is C14H21ClN2O2S. The van der Waals surface area contributed by atoms with Crippen LogP contribution in [0, 0.1) is 5.92 Å². The van der Waals surface area contributed by atoms with Crippen LogP contribution < -0.4 is 0 Å². The predicted octanol–water partition coefficient (Wildman–Crippen LogP) is 2.29. The standard InChI is InChI=1S/C14H21ClN2O2S/c15-7-3-14-2-1-10-17(12-14)20(18,19)11-6-13-4-8-16-9-5-13/h4-5,8-9,14H,1-3,6-7,10-12H2. The van der Waals surface area contributed by atoms with Crippen LogP contribution in [0.3, 0.4) is 0 Å². The van der Waals surface area contributed by atoms with Crippen LogP contribution >= 0.6 is 11.6 Å². The number of pyridine rings is 1. The van der Waals surface area contributed by atoms with Gasteiger partial charge in [-0.15, -0.1) is 11.6 Å². The third-order valence-electron chi connectivity index (χ3n) is 3.79. The minimum atomic E-state index is -3.16. The highest BCUT2D eigenvalue weighted by atomic mass is 35.5. The molecule has 1 fully saturated rings. The van der Waals surface area contributed by atoms with Gasteiger partial charge in [-0.3, -0.25) is 4.98 Å². The van der Waals surface area contributed by atoms with E-state index in [0.29, 0.717) is 31.3 Å². The highest BCUT2D eigenvalue weighted by Crippen LogP contribution is 2.22. The Hall–Kier alpha value is -0.650. The Labute approximate surface area is 126 Å². The molecule has 1 aliphatic rings. The molecule has 1 unspecified atom stereocenters. The summed E-state index contributed by atoms with van der Waals surface area (Å²) in [5.41, 5.74) is 1.01. The summed E-state index contributed by atoms with van der Waals surface area (Å²) in [6.07, 6.45) is 6.86. The van der Waals surface area contributed by atoms with Crippen LogP contribution in [0.5, 0.6) is 0 Å². The molecule has 1 aromatic heterocycles. The van der Waals surface area contributed by atoms with E-state index in [-0.39, 0.29) is 5.75 Å². The highest BCUT2D eigenvalue weighted by molar-refractivity contribution is 7.89. The maximum atomic E-state index is 12.4. The van der Waals surface area contributed by atoms with Crippen molar-refractivity contribution in [3.05, 3.63) is 30.1 Å². The number of hydrogen-bond donors (Lipinski definition) is 0. The molecule has 0 aliphatic carbocycles. The number of hydrogen-bond acceptors (Lipinski definition) is 3. The summed E-state index contributed by atoms with van der Waals surface area (Å²) < 4.78 is 26.4. The Kier molecular flexibility index (Phi) is 5.81. The minimum absolute atomic E-state index is 0.171. The third kappa shape index (κ3) is 4.43. The molecule has 0 N–H and O–H groups in total. The monoisotopic (exact) mass is 316 g/mol. The van der Waals surface area contributed by atoms with E-state index in [4.69, 9.17) is 11.6 Å². The van der Waals surface area contributed by atoms with Crippen LogP contribution in [0.1, 0.15) is 24.8 Å². The summed E-state index contributed by atoms with van der Waals surface area (Å²) in [6, 6.07) is 3.73. The lowest BCUT2D eigenvalue weighted by molar-refractivity contribution is 0.262. The van der Waals surface area contributed by atoms with Crippen molar-refractivity contribution in [2.75, 3.05) is 24.7 Å². The van der Waals surface area contributed by atoms with Crippen LogP contribution in [0.4, 0.5) is 0 Å². The fourth-order valence-electron chi connectivity index (χ4n) is 2.59. The van der Waals surface area contributed by atoms with Gasteiger partial charge < -0.3 is 0 Å². The summed E-state index contributed by atoms with van der Waals surface area (Å²) in [4.78, 5) is 3.94. The van der Waals surface area contributed by atoms with Gasteiger partial charge in [0.15, 0.2) is 0 Å². The summed E-state index contributed by atoms with van der Waals surface area (Å²) in [6.45, 7) is 1.28. The molecule has 1 aromatic rings. The molecule has 1 atom stereocenters. The number of aryl methyl sites for hydroxylation is 1. The molecule has 1 saturated heterocycles. The van der Waals surface area contributed by atoms with Crippen molar-refractivity contribution >= 4 is 21.6 Å². The first-order valence-electron chi connectivity index (χ1n) is 7.04. The second-order valence-electron chi connectivity index (χ2n) is 5.27. The first-order valence-corrected chi connectivity index (χ1v) is 9.19. The van der Waals surface area contributed by atoms with Gasteiger partial charge in [-0.25, -0.2) is 12.7 Å². The number of aromatic nitrogens is 1. The van der Waals surface area contributed by atoms with Gasteiger partial charge >= 0.3 is 0 Å². The van der Waals surface area contributed by atoms with E-state index in [0.717, 1.165) is 24.8 Å². The lowest BCUT2D eigenvalue weighted by atomic mass is 9.97. The lowest BCUT2D eigenvalue weighted by Gasteiger charge is -2.31. The fraction of sp³-hybridized carbons (Fsp3) is 0.643. The largest absolute Gasteiger partial charge is 0.265 e. The molecule has 1 aliphatic heterocycles. The molecule has 0 aromatic carbocycles. The van der Waals surface area contributed by atoms with E-state index in [9.17, 15) is 8.42 Å². The molecule has 0 spiro atoms. The molecule has 0 saturated carbocycles. The van der Waals surface area contributed by atoms with E-state index >= 15 is 0 Å². The van der Waals surface area contributed by atoms with Crippen molar-refractivity contribution in [3.63, 3.8) is 0 Å². The Bertz CT molecular complexity index is 505. The van der Waals surface area contributed by atoms with Gasteiger partial charge in [-0.1, -0.05) is 0 Å². The van der Waals surface area contributed by atoms with E-state index in [1.165, 1.54) is 0 Å². The van der Waals surface area contributed by atoms with Crippen molar-refractivity contribution in [1.82, 2.24) is 9.29 Å². The van der Waals surface area contributed by atoms with E-state index in [1.807, 2.05) is 12.1 Å². The summed E-state index contributed by atoms with van der Waals surface area (Å²) in [5, 5.41) is 0. The maximum absolute atomic E-state index is 12.4. The van der Waals surface area contributed by atoms with Gasteiger partial charge in [0.1, 0.15) is 0 Å². The van der Waals surface area contributed by atoms with Crippen LogP contribution in [0.15, 0.2) is 24.5 Å². The second kappa shape index (κ2) is 7.38. The second-order valence-corrected chi connectivity index (χ2v) is 7.73. The number of sulfonamides is 1. The molecule has 0 radical (unpaired) electrons. The third-order valence-corrected chi connectivity index (χ3v) is 5.85. The molecule has 0 bridgehead atoms. The van der Waals surface area contributed by atoms with Gasteiger partial charge in [0, 0.05) is 31.4 Å². The van der Waals surface area contributed by atoms with Crippen molar-refractivity contribution in [2.24, 2.45) is 5.92 Å². The molecular weight excluding hydrogens is 296 g/mol. The van der Waals surface area contributed by atoms with Crippen molar-refractivity contribution in [1.29, 1.82) is 0 Å². The molecule has 20 heavy (non-hydrogen) atoms. The van der Waals surface area contributed by atoms with E-state index < -0.39 is 10.0 Å². The van der Waals surface area contributed by atoms with E-state index in [1.54, 1.807) is 16.7 Å². The average Bonchev–Trinajstić information content (AvgIpc) is 2.47. The SMILES string of the molecule is O=S(=O)(CCc1ccncc1)N1CCCC(CCCl)C1. The van der Waals surface area contributed by atoms with Crippen molar-refractivity contribution in [3.8, 4) is 0 Å². The van der Waals surface area contributed by atoms with Gasteiger partial charge in [0.05, 0.1) is 5.75 Å². The number of nitrogens with zero attached hydrogens (tertiary/aromatic N) is 2. The average molecular weight is 317 g/mol. The molecule has 112 valence electrons. The normalized spacial score (nSPS) is 20.9. The fourth-order valence-corrected chi connectivity index (χ4v) is 4.50. The quantitative estimate of drug-likeness (QED) is 0.757. The zero-order valence-corrected chi connectivity index (χ0v) is 13.1. The molecule has 0 amide bonds. The summed E-state index contributed by atoms with van der Waals surface area (Å²) in [5.74, 6) is 1.19. The number of halogens is 1. The first-order chi connectivity index (χ1) is 9.62. The topological polar surface area (TPSA) is 50.3 Å². The number of rotatable bonds is 6. The molecule has 4 nitrogen and oxygen atoms in total. The van der Waals surface area contributed by atoms with Gasteiger partial charge in [-0.05, 0) is 49.3 Å². The molecule has 2 rings (SSSR count). The van der Waals surface area contributed by atoms with Crippen LogP contribution in [0.2, 0.25) is 0 Å². The zero-order chi connectivity index (χ0) is 14.4. The highest BCUT2D eigenvalue weighted by Gasteiger charge is 2.28. The van der Waals surface area contributed by atoms with Gasteiger partial charge in [0.25, 0.3) is 0 Å². The first kappa shape index (κ1) is 15.7. The van der Waals surface area contributed by atoms with Crippen LogP contribution in [-0.2, 0) is 16.4 Å². The van der Waals surface area contributed by atoms with Crippen molar-refractivity contribution in [2.45, 2.75) is 25.7 Å². The van der Waals surface area contributed by atoms with Gasteiger partial charge in [0.2, 0.25) is 10.0 Å². The summed E-state index contributed by atoms with van der Waals surface area (Å²) >= 11 is 5.76. The number of piperidine rings is 1. The Morgan fingerprint density at radius 1 is 1.35 bits per heavy atom. The predicted molar refractivity (Wildman–Crippen MR) is 81.4 cm³/mol. The van der Waals surface area contributed by atoms with Crippen LogP contribution in [-0.4, -0.2) is 42.4 Å². The molecule has 2 heterocycles. The summed E-state index contributed by atoms with van der Waals surface area (Å²) in [7, 11) is -3.16. The minimum Gasteiger partial charge on any atom is -0.265 e. The molecule has 6 heteroatoms. The van der Waals surface area contributed by atoms with E-state index in [2.05, 4.69) is 4.98 Å². The van der Waals surface area contributed by atoms with Gasteiger partial charge in [-0.2, -0.15) is 0 Å². The van der Waals surface area contributed by atoms with Crippen molar-refractivity contribution < 1.29 is 8.42 Å². The Morgan fingerprint density at radius 3 is 2.80 bits per heavy atom. The van der Waals surface area contributed by atoms with Crippen LogP contribution in [0.25, 0.3) is 0 Å². The number of alkyl halides is 1.